The van der Waals surface area contributed by atoms with Gasteiger partial charge in [-0.05, 0) is 36.4 Å². The Morgan fingerprint density at radius 2 is 2.11 bits per heavy atom. The lowest BCUT2D eigenvalue weighted by Crippen LogP contribution is -2.26. The summed E-state index contributed by atoms with van der Waals surface area (Å²) < 4.78 is 4.92. The number of benzene rings is 1. The highest BCUT2D eigenvalue weighted by Gasteiger charge is 2.11. The molecule has 1 amide bonds. The molecule has 1 heterocycles. The van der Waals surface area contributed by atoms with Crippen molar-refractivity contribution in [2.24, 2.45) is 0 Å². The second-order valence-corrected chi connectivity index (χ2v) is 3.68. The molecule has 1 atom stereocenters. The molecule has 94 valence electrons. The Morgan fingerprint density at radius 1 is 1.39 bits per heavy atom. The minimum atomic E-state index is -0.484. The Balaban J connectivity index is 2.06. The van der Waals surface area contributed by atoms with Crippen LogP contribution in [0.1, 0.15) is 6.92 Å². The molecule has 0 radical (unpaired) electrons. The molecule has 0 aliphatic rings. The molecule has 1 aromatic carbocycles. The average molecular weight is 247 g/mol. The first kappa shape index (κ1) is 12.2. The van der Waals surface area contributed by atoms with Crippen LogP contribution in [-0.2, 0) is 9.53 Å². The summed E-state index contributed by atoms with van der Waals surface area (Å²) in [5.74, 6) is 0.322. The molecule has 7 heteroatoms. The zero-order valence-electron chi connectivity index (χ0n) is 10.0. The van der Waals surface area contributed by atoms with Crippen LogP contribution in [0.4, 0.5) is 5.69 Å². The molecule has 2 aromatic rings. The molecule has 0 fully saturated rings. The average Bonchev–Trinajstić information content (AvgIpc) is 2.92. The largest absolute Gasteiger partial charge is 0.372 e. The molecule has 2 rings (SSSR count). The van der Waals surface area contributed by atoms with Gasteiger partial charge in [-0.15, -0.1) is 10.2 Å². The van der Waals surface area contributed by atoms with Gasteiger partial charge in [0, 0.05) is 18.4 Å². The first-order valence-electron chi connectivity index (χ1n) is 5.38. The van der Waals surface area contributed by atoms with Crippen LogP contribution >= 0.6 is 0 Å². The number of nitrogens with one attached hydrogen (secondary N) is 2. The van der Waals surface area contributed by atoms with Crippen LogP contribution in [-0.4, -0.2) is 39.7 Å². The van der Waals surface area contributed by atoms with E-state index in [2.05, 4.69) is 25.9 Å². The van der Waals surface area contributed by atoms with E-state index in [1.54, 1.807) is 31.2 Å². The highest BCUT2D eigenvalue weighted by molar-refractivity contribution is 5.94. The van der Waals surface area contributed by atoms with E-state index in [1.165, 1.54) is 7.11 Å². The maximum Gasteiger partial charge on any atom is 0.253 e. The number of anilines is 1. The van der Waals surface area contributed by atoms with Gasteiger partial charge in [0.15, 0.2) is 0 Å². The van der Waals surface area contributed by atoms with Gasteiger partial charge >= 0.3 is 0 Å². The number of tetrazole rings is 1. The molecule has 0 unspecified atom stereocenters. The fourth-order valence-electron chi connectivity index (χ4n) is 1.34. The Kier molecular flexibility index (Phi) is 3.63. The van der Waals surface area contributed by atoms with Crippen LogP contribution in [0.25, 0.3) is 11.4 Å². The van der Waals surface area contributed by atoms with E-state index in [1.807, 2.05) is 0 Å². The third kappa shape index (κ3) is 2.69. The standard InChI is InChI=1S/C11H13N5O2/c1-7(18-2)11(17)12-9-5-3-8(4-6-9)10-13-15-16-14-10/h3-7H,1-2H3,(H,12,17)(H,13,14,15,16)/t7-/m1/s1. The van der Waals surface area contributed by atoms with E-state index < -0.39 is 6.10 Å². The number of ether oxygens (including phenoxy) is 1. The van der Waals surface area contributed by atoms with Gasteiger partial charge in [-0.2, -0.15) is 5.21 Å². The van der Waals surface area contributed by atoms with Gasteiger partial charge in [-0.1, -0.05) is 0 Å². The zero-order valence-corrected chi connectivity index (χ0v) is 10.0. The van der Waals surface area contributed by atoms with Crippen LogP contribution in [0.15, 0.2) is 24.3 Å². The molecule has 0 spiro atoms. The van der Waals surface area contributed by atoms with Gasteiger partial charge in [0.05, 0.1) is 0 Å². The number of aromatic nitrogens is 4. The van der Waals surface area contributed by atoms with Gasteiger partial charge < -0.3 is 10.1 Å². The highest BCUT2D eigenvalue weighted by Crippen LogP contribution is 2.16. The summed E-state index contributed by atoms with van der Waals surface area (Å²) in [6.45, 7) is 1.68. The molecule has 0 saturated heterocycles. The summed E-state index contributed by atoms with van der Waals surface area (Å²) in [7, 11) is 1.49. The molecular formula is C11H13N5O2. The predicted molar refractivity (Wildman–Crippen MR) is 64.7 cm³/mol. The molecule has 2 N–H and O–H groups in total. The lowest BCUT2D eigenvalue weighted by atomic mass is 10.2. The molecule has 1 aromatic heterocycles. The third-order valence-electron chi connectivity index (χ3n) is 2.48. The minimum Gasteiger partial charge on any atom is -0.372 e. The molecule has 0 aliphatic carbocycles. The molecule has 0 aliphatic heterocycles. The molecule has 0 bridgehead atoms. The van der Waals surface area contributed by atoms with Crippen molar-refractivity contribution in [2.75, 3.05) is 12.4 Å². The van der Waals surface area contributed by atoms with Crippen molar-refractivity contribution in [3.63, 3.8) is 0 Å². The Morgan fingerprint density at radius 3 is 2.67 bits per heavy atom. The summed E-state index contributed by atoms with van der Waals surface area (Å²) in [4.78, 5) is 11.6. The number of carbonyl (C=O) groups excluding carboxylic acids is 1. The topological polar surface area (TPSA) is 92.8 Å². The van der Waals surface area contributed by atoms with Crippen LogP contribution in [0.2, 0.25) is 0 Å². The number of H-pyrrole nitrogens is 1. The van der Waals surface area contributed by atoms with Crippen molar-refractivity contribution in [3.05, 3.63) is 24.3 Å². The molecular weight excluding hydrogens is 234 g/mol. The molecule has 7 nitrogen and oxygen atoms in total. The number of methoxy groups -OCH3 is 1. The number of hydrogen-bond donors (Lipinski definition) is 2. The zero-order chi connectivity index (χ0) is 13.0. The summed E-state index contributed by atoms with van der Waals surface area (Å²) in [6, 6.07) is 7.15. The second-order valence-electron chi connectivity index (χ2n) is 3.68. The van der Waals surface area contributed by atoms with Crippen molar-refractivity contribution in [1.29, 1.82) is 0 Å². The van der Waals surface area contributed by atoms with Gasteiger partial charge in [0.2, 0.25) is 5.82 Å². The van der Waals surface area contributed by atoms with Crippen molar-refractivity contribution in [1.82, 2.24) is 20.6 Å². The first-order chi connectivity index (χ1) is 8.70. The Bertz CT molecular complexity index is 509. The van der Waals surface area contributed by atoms with Crippen molar-refractivity contribution in [3.8, 4) is 11.4 Å². The fraction of sp³-hybridized carbons (Fsp3) is 0.273. The predicted octanol–water partition coefficient (Wildman–Crippen LogP) is 0.840. The number of amides is 1. The van der Waals surface area contributed by atoms with E-state index in [-0.39, 0.29) is 5.91 Å². The monoisotopic (exact) mass is 247 g/mol. The smallest absolute Gasteiger partial charge is 0.253 e. The summed E-state index contributed by atoms with van der Waals surface area (Å²) in [5.41, 5.74) is 1.51. The third-order valence-corrected chi connectivity index (χ3v) is 2.48. The van der Waals surface area contributed by atoms with Gasteiger partial charge in [0.25, 0.3) is 5.91 Å². The van der Waals surface area contributed by atoms with Crippen LogP contribution in [0, 0.1) is 0 Å². The number of carbonyl (C=O) groups is 1. The summed E-state index contributed by atoms with van der Waals surface area (Å²) in [6.07, 6.45) is -0.484. The number of rotatable bonds is 4. The number of hydrogen-bond acceptors (Lipinski definition) is 5. The van der Waals surface area contributed by atoms with Crippen LogP contribution in [0.3, 0.4) is 0 Å². The van der Waals surface area contributed by atoms with E-state index in [0.717, 1.165) is 5.56 Å². The maximum atomic E-state index is 11.6. The maximum absolute atomic E-state index is 11.6. The first-order valence-corrected chi connectivity index (χ1v) is 5.38. The SMILES string of the molecule is CO[C@H](C)C(=O)Nc1ccc(-c2nn[nH]n2)cc1. The van der Waals surface area contributed by atoms with Crippen molar-refractivity contribution < 1.29 is 9.53 Å². The lowest BCUT2D eigenvalue weighted by Gasteiger charge is -2.10. The van der Waals surface area contributed by atoms with E-state index in [9.17, 15) is 4.79 Å². The molecule has 0 saturated carbocycles. The van der Waals surface area contributed by atoms with Crippen molar-refractivity contribution >= 4 is 11.6 Å². The summed E-state index contributed by atoms with van der Waals surface area (Å²) in [5, 5.41) is 16.3. The van der Waals surface area contributed by atoms with E-state index >= 15 is 0 Å². The van der Waals surface area contributed by atoms with Crippen molar-refractivity contribution in [2.45, 2.75) is 13.0 Å². The number of nitrogens with zero attached hydrogens (tertiary/aromatic N) is 3. The van der Waals surface area contributed by atoms with E-state index in [0.29, 0.717) is 11.5 Å². The Labute approximate surface area is 104 Å². The van der Waals surface area contributed by atoms with Crippen LogP contribution < -0.4 is 5.32 Å². The molecule has 18 heavy (non-hydrogen) atoms. The Hall–Kier alpha value is -2.28. The lowest BCUT2D eigenvalue weighted by molar-refractivity contribution is -0.124. The van der Waals surface area contributed by atoms with Crippen LogP contribution in [0.5, 0.6) is 0 Å². The van der Waals surface area contributed by atoms with Gasteiger partial charge in [-0.25, -0.2) is 0 Å². The fourth-order valence-corrected chi connectivity index (χ4v) is 1.34. The van der Waals surface area contributed by atoms with E-state index in [4.69, 9.17) is 4.74 Å². The number of aromatic amines is 1. The highest BCUT2D eigenvalue weighted by atomic mass is 16.5. The minimum absolute atomic E-state index is 0.190. The second kappa shape index (κ2) is 5.37. The summed E-state index contributed by atoms with van der Waals surface area (Å²) >= 11 is 0. The van der Waals surface area contributed by atoms with Gasteiger partial charge in [0.1, 0.15) is 6.10 Å². The van der Waals surface area contributed by atoms with Gasteiger partial charge in [-0.3, -0.25) is 4.79 Å². The normalized spacial score (nSPS) is 12.1. The quantitative estimate of drug-likeness (QED) is 0.835.